The molecule has 0 amide bonds. The highest BCUT2D eigenvalue weighted by Crippen LogP contribution is 2.28. The van der Waals surface area contributed by atoms with Gasteiger partial charge in [0.1, 0.15) is 5.69 Å². The van der Waals surface area contributed by atoms with Crippen molar-refractivity contribution in [1.29, 1.82) is 0 Å². The van der Waals surface area contributed by atoms with Crippen LogP contribution in [0.3, 0.4) is 0 Å². The van der Waals surface area contributed by atoms with Crippen molar-refractivity contribution in [3.8, 4) is 0 Å². The van der Waals surface area contributed by atoms with E-state index in [1.165, 1.54) is 6.07 Å². The van der Waals surface area contributed by atoms with Crippen LogP contribution >= 0.6 is 11.6 Å². The van der Waals surface area contributed by atoms with E-state index >= 15 is 0 Å². The van der Waals surface area contributed by atoms with E-state index < -0.39 is 4.92 Å². The molecular formula is C12H18ClN3O2. The molecule has 0 aromatic heterocycles. The van der Waals surface area contributed by atoms with Gasteiger partial charge in [-0.1, -0.05) is 11.6 Å². The highest BCUT2D eigenvalue weighted by atomic mass is 35.5. The minimum absolute atomic E-state index is 0.00273. The molecule has 0 aliphatic carbocycles. The molecule has 18 heavy (non-hydrogen) atoms. The lowest BCUT2D eigenvalue weighted by atomic mass is 10.0. The molecule has 1 N–H and O–H groups in total. The number of likely N-dealkylation sites (N-methyl/N-ethyl adjacent to an activating group) is 1. The van der Waals surface area contributed by atoms with E-state index in [1.54, 1.807) is 12.1 Å². The molecule has 0 fully saturated rings. The van der Waals surface area contributed by atoms with Crippen molar-refractivity contribution < 1.29 is 4.92 Å². The summed E-state index contributed by atoms with van der Waals surface area (Å²) in [6, 6.07) is 4.62. The first-order valence-corrected chi connectivity index (χ1v) is 5.97. The lowest BCUT2D eigenvalue weighted by Gasteiger charge is -2.32. The van der Waals surface area contributed by atoms with Crippen LogP contribution < -0.4 is 5.32 Å². The first-order valence-electron chi connectivity index (χ1n) is 5.59. The summed E-state index contributed by atoms with van der Waals surface area (Å²) >= 11 is 5.76. The molecule has 0 saturated heterocycles. The number of rotatable bonds is 5. The lowest BCUT2D eigenvalue weighted by Crippen LogP contribution is -2.44. The van der Waals surface area contributed by atoms with Gasteiger partial charge in [-0.2, -0.15) is 0 Å². The summed E-state index contributed by atoms with van der Waals surface area (Å²) in [7, 11) is 3.94. The SMILES string of the molecule is CN(C)C(C)(C)CNc1ccc(Cl)cc1[N+](=O)[O-]. The molecular weight excluding hydrogens is 254 g/mol. The second kappa shape index (κ2) is 5.54. The van der Waals surface area contributed by atoms with Crippen LogP contribution in [-0.4, -0.2) is 36.0 Å². The van der Waals surface area contributed by atoms with Crippen molar-refractivity contribution in [3.05, 3.63) is 33.3 Å². The van der Waals surface area contributed by atoms with Crippen molar-refractivity contribution in [1.82, 2.24) is 4.90 Å². The first-order chi connectivity index (χ1) is 8.24. The zero-order valence-electron chi connectivity index (χ0n) is 11.0. The van der Waals surface area contributed by atoms with Crippen LogP contribution in [0.15, 0.2) is 18.2 Å². The zero-order chi connectivity index (χ0) is 13.9. The maximum atomic E-state index is 10.9. The Morgan fingerprint density at radius 1 is 1.44 bits per heavy atom. The molecule has 0 spiro atoms. The Labute approximate surface area is 112 Å². The summed E-state index contributed by atoms with van der Waals surface area (Å²) in [6.07, 6.45) is 0. The van der Waals surface area contributed by atoms with Gasteiger partial charge in [-0.15, -0.1) is 0 Å². The van der Waals surface area contributed by atoms with Gasteiger partial charge in [0.25, 0.3) is 5.69 Å². The first kappa shape index (κ1) is 14.7. The van der Waals surface area contributed by atoms with Crippen molar-refractivity contribution in [3.63, 3.8) is 0 Å². The summed E-state index contributed by atoms with van der Waals surface area (Å²) in [5, 5.41) is 14.4. The van der Waals surface area contributed by atoms with E-state index in [0.29, 0.717) is 17.3 Å². The van der Waals surface area contributed by atoms with Crippen molar-refractivity contribution >= 4 is 23.0 Å². The maximum Gasteiger partial charge on any atom is 0.293 e. The van der Waals surface area contributed by atoms with E-state index in [2.05, 4.69) is 24.1 Å². The Morgan fingerprint density at radius 3 is 2.56 bits per heavy atom. The van der Waals surface area contributed by atoms with Crippen molar-refractivity contribution in [2.24, 2.45) is 0 Å². The van der Waals surface area contributed by atoms with E-state index in [9.17, 15) is 10.1 Å². The molecule has 0 unspecified atom stereocenters. The smallest absolute Gasteiger partial charge is 0.293 e. The van der Waals surface area contributed by atoms with Crippen LogP contribution in [0.2, 0.25) is 5.02 Å². The maximum absolute atomic E-state index is 10.9. The van der Waals surface area contributed by atoms with E-state index in [-0.39, 0.29) is 11.2 Å². The molecule has 100 valence electrons. The number of halogens is 1. The molecule has 0 heterocycles. The molecule has 1 rings (SSSR count). The van der Waals surface area contributed by atoms with Gasteiger partial charge in [-0.25, -0.2) is 0 Å². The molecule has 0 saturated carbocycles. The number of nitrogens with one attached hydrogen (secondary N) is 1. The quantitative estimate of drug-likeness (QED) is 0.661. The fourth-order valence-electron chi connectivity index (χ4n) is 1.27. The summed E-state index contributed by atoms with van der Waals surface area (Å²) in [5.41, 5.74) is 0.379. The molecule has 1 aromatic rings. The normalized spacial score (nSPS) is 11.7. The zero-order valence-corrected chi connectivity index (χ0v) is 11.8. The van der Waals surface area contributed by atoms with Crippen molar-refractivity contribution in [2.45, 2.75) is 19.4 Å². The van der Waals surface area contributed by atoms with Gasteiger partial charge in [0.05, 0.1) is 4.92 Å². The number of nitro benzene ring substituents is 1. The molecule has 6 heteroatoms. The Balaban J connectivity index is 2.89. The van der Waals surface area contributed by atoms with Crippen LogP contribution in [-0.2, 0) is 0 Å². The fraction of sp³-hybridized carbons (Fsp3) is 0.500. The van der Waals surface area contributed by atoms with Gasteiger partial charge < -0.3 is 10.2 Å². The second-order valence-electron chi connectivity index (χ2n) is 4.98. The van der Waals surface area contributed by atoms with Crippen LogP contribution in [0.4, 0.5) is 11.4 Å². The van der Waals surface area contributed by atoms with Crippen molar-refractivity contribution in [2.75, 3.05) is 26.0 Å². The predicted octanol–water partition coefficient (Wildman–Crippen LogP) is 3.00. The molecule has 0 aliphatic heterocycles. The van der Waals surface area contributed by atoms with Gasteiger partial charge in [0.2, 0.25) is 0 Å². The van der Waals surface area contributed by atoms with E-state index in [0.717, 1.165) is 0 Å². The Kier molecular flexibility index (Phi) is 4.53. The minimum atomic E-state index is -0.434. The topological polar surface area (TPSA) is 58.4 Å². The third kappa shape index (κ3) is 3.58. The predicted molar refractivity (Wildman–Crippen MR) is 74.4 cm³/mol. The average molecular weight is 272 g/mol. The number of hydrogen-bond acceptors (Lipinski definition) is 4. The van der Waals surface area contributed by atoms with Crippen LogP contribution in [0.1, 0.15) is 13.8 Å². The average Bonchev–Trinajstić information content (AvgIpc) is 2.27. The molecule has 0 radical (unpaired) electrons. The number of nitro groups is 1. The molecule has 0 bridgehead atoms. The lowest BCUT2D eigenvalue weighted by molar-refractivity contribution is -0.383. The largest absolute Gasteiger partial charge is 0.378 e. The van der Waals surface area contributed by atoms with E-state index in [1.807, 2.05) is 14.1 Å². The highest BCUT2D eigenvalue weighted by molar-refractivity contribution is 6.30. The second-order valence-corrected chi connectivity index (χ2v) is 5.42. The summed E-state index contributed by atoms with van der Waals surface area (Å²) in [6.45, 7) is 4.71. The van der Waals surface area contributed by atoms with Gasteiger partial charge in [-0.05, 0) is 40.1 Å². The number of hydrogen-bond donors (Lipinski definition) is 1. The molecule has 0 aliphatic rings. The standard InChI is InChI=1S/C12H18ClN3O2/c1-12(2,15(3)4)8-14-10-6-5-9(13)7-11(10)16(17)18/h5-7,14H,8H2,1-4H3. The third-order valence-corrected chi connectivity index (χ3v) is 3.31. The van der Waals surface area contributed by atoms with Gasteiger partial charge in [-0.3, -0.25) is 10.1 Å². The van der Waals surface area contributed by atoms with Gasteiger partial charge >= 0.3 is 0 Å². The monoisotopic (exact) mass is 271 g/mol. The summed E-state index contributed by atoms with van der Waals surface area (Å²) in [5.74, 6) is 0. The van der Waals surface area contributed by atoms with E-state index in [4.69, 9.17) is 11.6 Å². The Morgan fingerprint density at radius 2 is 2.06 bits per heavy atom. The molecule has 5 nitrogen and oxygen atoms in total. The van der Waals surface area contributed by atoms with Gasteiger partial charge in [0, 0.05) is 23.2 Å². The fourth-order valence-corrected chi connectivity index (χ4v) is 1.44. The number of benzene rings is 1. The van der Waals surface area contributed by atoms with Gasteiger partial charge in [0.15, 0.2) is 0 Å². The summed E-state index contributed by atoms with van der Waals surface area (Å²) in [4.78, 5) is 12.6. The minimum Gasteiger partial charge on any atom is -0.378 e. The van der Waals surface area contributed by atoms with Crippen LogP contribution in [0.25, 0.3) is 0 Å². The number of anilines is 1. The molecule has 0 atom stereocenters. The highest BCUT2D eigenvalue weighted by Gasteiger charge is 2.22. The Bertz CT molecular complexity index is 447. The third-order valence-electron chi connectivity index (χ3n) is 3.08. The summed E-state index contributed by atoms with van der Waals surface area (Å²) < 4.78 is 0. The number of nitrogens with zero attached hydrogens (tertiary/aromatic N) is 2. The Hall–Kier alpha value is -1.33. The van der Waals surface area contributed by atoms with Crippen LogP contribution in [0, 0.1) is 10.1 Å². The van der Waals surface area contributed by atoms with Crippen LogP contribution in [0.5, 0.6) is 0 Å². The molecule has 1 aromatic carbocycles.